The molecule has 0 spiro atoms. The highest BCUT2D eigenvalue weighted by Crippen LogP contribution is 2.21. The number of carbonyl (C=O) groups is 1. The molecule has 1 aromatic carbocycles. The summed E-state index contributed by atoms with van der Waals surface area (Å²) in [5.41, 5.74) is 3.29. The highest BCUT2D eigenvalue weighted by Gasteiger charge is 2.03. The van der Waals surface area contributed by atoms with E-state index in [-0.39, 0.29) is 6.54 Å². The van der Waals surface area contributed by atoms with E-state index in [1.165, 1.54) is 11.3 Å². The lowest BCUT2D eigenvalue weighted by Gasteiger charge is -2.01. The average Bonchev–Trinajstić information content (AvgIpc) is 2.65. The van der Waals surface area contributed by atoms with Crippen molar-refractivity contribution in [1.82, 2.24) is 4.98 Å². The lowest BCUT2D eigenvalue weighted by Crippen LogP contribution is -2.14. The number of hydrogen-bond donors (Lipinski definition) is 1. The third kappa shape index (κ3) is 2.16. The molecule has 0 bridgehead atoms. The number of nitrogens with zero attached hydrogens (tertiary/aromatic N) is 2. The highest BCUT2D eigenvalue weighted by atomic mass is 32.1. The zero-order valence-electron chi connectivity index (χ0n) is 7.64. The van der Waals surface area contributed by atoms with Crippen LogP contribution in [0.15, 0.2) is 28.9 Å². The molecule has 76 valence electrons. The summed E-state index contributed by atoms with van der Waals surface area (Å²) in [5.74, 6) is -0.408. The largest absolute Gasteiger partial charge is 0.324 e. The van der Waals surface area contributed by atoms with Crippen molar-refractivity contribution >= 4 is 33.1 Å². The second-order valence-electron chi connectivity index (χ2n) is 2.87. The first-order valence-electron chi connectivity index (χ1n) is 4.22. The van der Waals surface area contributed by atoms with E-state index in [1.54, 1.807) is 11.6 Å². The van der Waals surface area contributed by atoms with Crippen LogP contribution < -0.4 is 5.32 Å². The Bertz CT molecular complexity index is 509. The molecular formula is C9H7N3O2S. The summed E-state index contributed by atoms with van der Waals surface area (Å²) in [7, 11) is 0. The predicted molar refractivity (Wildman–Crippen MR) is 58.9 cm³/mol. The molecule has 0 radical (unpaired) electrons. The maximum atomic E-state index is 11.1. The standard InChI is InChI=1S/C9H7N3O2S/c13-9(4-11-14)12-6-1-2-7-8(3-6)15-5-10-7/h1-3,5H,4H2,(H,12,13). The van der Waals surface area contributed by atoms with Crippen molar-refractivity contribution in [2.75, 3.05) is 11.9 Å². The summed E-state index contributed by atoms with van der Waals surface area (Å²) in [4.78, 5) is 25.0. The van der Waals surface area contributed by atoms with Crippen molar-refractivity contribution in [2.24, 2.45) is 5.18 Å². The number of thiazole rings is 1. The van der Waals surface area contributed by atoms with Crippen LogP contribution in [-0.4, -0.2) is 17.4 Å². The van der Waals surface area contributed by atoms with E-state index in [0.29, 0.717) is 5.69 Å². The minimum Gasteiger partial charge on any atom is -0.324 e. The molecule has 0 aliphatic carbocycles. The van der Waals surface area contributed by atoms with Crippen molar-refractivity contribution in [1.29, 1.82) is 0 Å². The van der Waals surface area contributed by atoms with Gasteiger partial charge in [0.1, 0.15) is 0 Å². The summed E-state index contributed by atoms with van der Waals surface area (Å²) in [6.07, 6.45) is 0. The molecule has 1 amide bonds. The van der Waals surface area contributed by atoms with E-state index in [4.69, 9.17) is 0 Å². The Kier molecular flexibility index (Phi) is 2.68. The average molecular weight is 221 g/mol. The summed E-state index contributed by atoms with van der Waals surface area (Å²) in [5, 5.41) is 5.08. The SMILES string of the molecule is O=NCC(=O)Nc1ccc2ncsc2c1. The maximum Gasteiger partial charge on any atom is 0.249 e. The number of aromatic nitrogens is 1. The lowest BCUT2D eigenvalue weighted by molar-refractivity contribution is -0.114. The monoisotopic (exact) mass is 221 g/mol. The minimum absolute atomic E-state index is 0.360. The summed E-state index contributed by atoms with van der Waals surface area (Å²) >= 11 is 1.49. The molecule has 0 saturated heterocycles. The number of carbonyl (C=O) groups excluding carboxylic acids is 1. The molecule has 2 aromatic rings. The number of amides is 1. The van der Waals surface area contributed by atoms with Gasteiger partial charge in [-0.05, 0) is 18.2 Å². The number of benzene rings is 1. The van der Waals surface area contributed by atoms with Gasteiger partial charge in [0.05, 0.1) is 15.7 Å². The normalized spacial score (nSPS) is 10.1. The molecule has 1 N–H and O–H groups in total. The number of nitrogens with one attached hydrogen (secondary N) is 1. The van der Waals surface area contributed by atoms with Gasteiger partial charge in [0.15, 0.2) is 6.54 Å². The van der Waals surface area contributed by atoms with Gasteiger partial charge in [-0.1, -0.05) is 5.18 Å². The molecule has 6 heteroatoms. The van der Waals surface area contributed by atoms with E-state index < -0.39 is 5.91 Å². The van der Waals surface area contributed by atoms with Gasteiger partial charge < -0.3 is 5.32 Å². The van der Waals surface area contributed by atoms with Gasteiger partial charge in [-0.15, -0.1) is 11.3 Å². The molecule has 1 aromatic heterocycles. The number of nitroso groups, excluding NO2 is 1. The van der Waals surface area contributed by atoms with Crippen LogP contribution in [0.3, 0.4) is 0 Å². The molecule has 0 atom stereocenters. The van der Waals surface area contributed by atoms with E-state index >= 15 is 0 Å². The van der Waals surface area contributed by atoms with Gasteiger partial charge in [0.2, 0.25) is 5.91 Å². The second-order valence-corrected chi connectivity index (χ2v) is 3.76. The van der Waals surface area contributed by atoms with Crippen LogP contribution in [0.25, 0.3) is 10.2 Å². The Morgan fingerprint density at radius 1 is 1.53 bits per heavy atom. The van der Waals surface area contributed by atoms with E-state index in [1.807, 2.05) is 12.1 Å². The van der Waals surface area contributed by atoms with Crippen LogP contribution in [0.4, 0.5) is 5.69 Å². The van der Waals surface area contributed by atoms with Crippen LogP contribution in [0, 0.1) is 4.91 Å². The third-order valence-electron chi connectivity index (χ3n) is 1.82. The molecule has 1 heterocycles. The summed E-state index contributed by atoms with van der Waals surface area (Å²) in [6, 6.07) is 5.37. The number of fused-ring (bicyclic) bond motifs is 1. The first-order valence-corrected chi connectivity index (χ1v) is 5.10. The quantitative estimate of drug-likeness (QED) is 0.806. The molecule has 2 rings (SSSR count). The molecule has 0 aliphatic heterocycles. The maximum absolute atomic E-state index is 11.1. The zero-order valence-corrected chi connectivity index (χ0v) is 8.45. The van der Waals surface area contributed by atoms with Crippen LogP contribution in [0.2, 0.25) is 0 Å². The zero-order chi connectivity index (χ0) is 10.7. The van der Waals surface area contributed by atoms with Crippen molar-refractivity contribution in [3.05, 3.63) is 28.6 Å². The first kappa shape index (κ1) is 9.72. The van der Waals surface area contributed by atoms with Crippen molar-refractivity contribution in [3.8, 4) is 0 Å². The first-order chi connectivity index (χ1) is 7.29. The fraction of sp³-hybridized carbons (Fsp3) is 0.111. The van der Waals surface area contributed by atoms with Crippen LogP contribution in [-0.2, 0) is 4.79 Å². The topological polar surface area (TPSA) is 71.4 Å². The number of rotatable bonds is 3. The van der Waals surface area contributed by atoms with Crippen molar-refractivity contribution in [2.45, 2.75) is 0 Å². The van der Waals surface area contributed by atoms with Gasteiger partial charge in [0.25, 0.3) is 0 Å². The Morgan fingerprint density at radius 3 is 3.20 bits per heavy atom. The van der Waals surface area contributed by atoms with Crippen LogP contribution in [0.1, 0.15) is 0 Å². The van der Waals surface area contributed by atoms with Gasteiger partial charge in [-0.3, -0.25) is 4.79 Å². The van der Waals surface area contributed by atoms with Crippen LogP contribution in [0.5, 0.6) is 0 Å². The Labute approximate surface area is 89.1 Å². The van der Waals surface area contributed by atoms with Gasteiger partial charge in [-0.2, -0.15) is 4.91 Å². The summed E-state index contributed by atoms with van der Waals surface area (Å²) in [6.45, 7) is -0.360. The number of hydrogen-bond acceptors (Lipinski definition) is 5. The number of anilines is 1. The summed E-state index contributed by atoms with van der Waals surface area (Å²) < 4.78 is 0.992. The van der Waals surface area contributed by atoms with Crippen molar-refractivity contribution < 1.29 is 4.79 Å². The fourth-order valence-electron chi connectivity index (χ4n) is 1.19. The Balaban J connectivity index is 2.21. The van der Waals surface area contributed by atoms with Crippen molar-refractivity contribution in [3.63, 3.8) is 0 Å². The van der Waals surface area contributed by atoms with E-state index in [2.05, 4.69) is 15.5 Å². The fourth-order valence-corrected chi connectivity index (χ4v) is 1.91. The van der Waals surface area contributed by atoms with E-state index in [0.717, 1.165) is 10.2 Å². The smallest absolute Gasteiger partial charge is 0.249 e. The second kappa shape index (κ2) is 4.14. The molecule has 15 heavy (non-hydrogen) atoms. The Hall–Kier alpha value is -1.82. The lowest BCUT2D eigenvalue weighted by atomic mass is 10.3. The van der Waals surface area contributed by atoms with Gasteiger partial charge >= 0.3 is 0 Å². The predicted octanol–water partition coefficient (Wildman–Crippen LogP) is 2.00. The molecule has 0 saturated carbocycles. The molecular weight excluding hydrogens is 214 g/mol. The minimum atomic E-state index is -0.408. The third-order valence-corrected chi connectivity index (χ3v) is 2.61. The molecule has 0 aliphatic rings. The van der Waals surface area contributed by atoms with E-state index in [9.17, 15) is 9.70 Å². The van der Waals surface area contributed by atoms with Crippen LogP contribution >= 0.6 is 11.3 Å². The molecule has 0 unspecified atom stereocenters. The molecule has 5 nitrogen and oxygen atoms in total. The molecule has 0 fully saturated rings. The van der Waals surface area contributed by atoms with Gasteiger partial charge in [-0.25, -0.2) is 4.98 Å². The van der Waals surface area contributed by atoms with Gasteiger partial charge in [0, 0.05) is 5.69 Å². The highest BCUT2D eigenvalue weighted by molar-refractivity contribution is 7.16. The Morgan fingerprint density at radius 2 is 2.40 bits per heavy atom.